The summed E-state index contributed by atoms with van der Waals surface area (Å²) < 4.78 is 35.8. The molecule has 0 amide bonds. The fraction of sp³-hybridized carbons (Fsp3) is 0.867. The van der Waals surface area contributed by atoms with Crippen molar-refractivity contribution in [2.24, 2.45) is 45.3 Å². The van der Waals surface area contributed by atoms with E-state index >= 15 is 0 Å². The van der Waals surface area contributed by atoms with Crippen molar-refractivity contribution in [3.8, 4) is 0 Å². The fourth-order valence-electron chi connectivity index (χ4n) is 12.9. The van der Waals surface area contributed by atoms with E-state index in [0.29, 0.717) is 12.8 Å². The lowest BCUT2D eigenvalue weighted by Gasteiger charge is -2.67. The highest BCUT2D eigenvalue weighted by Gasteiger charge is 2.72. The number of allylic oxidation sites excluding steroid dienone is 2. The second-order valence-electron chi connectivity index (χ2n) is 20.3. The van der Waals surface area contributed by atoms with Gasteiger partial charge >= 0.3 is 11.9 Å². The number of carbonyl (C=O) groups is 2. The predicted molar refractivity (Wildman–Crippen MR) is 214 cm³/mol. The minimum atomic E-state index is -1.57. The smallest absolute Gasteiger partial charge is 0.303 e. The largest absolute Gasteiger partial charge is 0.463 e. The maximum absolute atomic E-state index is 12.6. The Morgan fingerprint density at radius 1 is 0.864 bits per heavy atom. The lowest BCUT2D eigenvalue weighted by atomic mass is 9.38. The van der Waals surface area contributed by atoms with Crippen LogP contribution in [-0.4, -0.2) is 129 Å². The summed E-state index contributed by atoms with van der Waals surface area (Å²) in [4.78, 5) is 23.8. The van der Waals surface area contributed by atoms with Crippen LogP contribution in [0.3, 0.4) is 0 Å². The number of aliphatic hydroxyl groups excluding tert-OH is 6. The quantitative estimate of drug-likeness (QED) is 0.130. The topological polar surface area (TPSA) is 211 Å². The molecule has 14 heteroatoms. The number of rotatable bonds is 11. The Bertz CT molecular complexity index is 1590. The summed E-state index contributed by atoms with van der Waals surface area (Å²) in [6.45, 7) is 19.6. The number of aliphatic hydroxyl groups is 6. The van der Waals surface area contributed by atoms with Gasteiger partial charge in [0.15, 0.2) is 18.7 Å². The van der Waals surface area contributed by atoms with Crippen molar-refractivity contribution in [3.63, 3.8) is 0 Å². The van der Waals surface area contributed by atoms with E-state index in [0.717, 1.165) is 37.7 Å². The first-order valence-corrected chi connectivity index (χ1v) is 21.8. The second kappa shape index (κ2) is 17.3. The molecule has 6 rings (SSSR count). The maximum atomic E-state index is 12.6. The summed E-state index contributed by atoms with van der Waals surface area (Å²) in [5, 5.41) is 66.4. The molecule has 0 spiro atoms. The molecule has 0 aromatic rings. The van der Waals surface area contributed by atoms with Crippen LogP contribution < -0.4 is 0 Å². The molecule has 4 aliphatic carbocycles. The van der Waals surface area contributed by atoms with E-state index in [4.69, 9.17) is 28.4 Å². The van der Waals surface area contributed by atoms with Gasteiger partial charge in [-0.25, -0.2) is 0 Å². The monoisotopic (exact) mass is 836 g/mol. The van der Waals surface area contributed by atoms with Crippen LogP contribution in [0.2, 0.25) is 0 Å². The molecule has 14 nitrogen and oxygen atoms in total. The van der Waals surface area contributed by atoms with Gasteiger partial charge in [-0.2, -0.15) is 0 Å². The summed E-state index contributed by atoms with van der Waals surface area (Å²) in [7, 11) is 0. The molecule has 3 saturated carbocycles. The molecule has 5 fully saturated rings. The molecule has 0 radical (unpaired) electrons. The minimum Gasteiger partial charge on any atom is -0.463 e. The van der Waals surface area contributed by atoms with Crippen molar-refractivity contribution < 1.29 is 68.6 Å². The zero-order chi connectivity index (χ0) is 43.6. The molecular formula is C45H72O14. The van der Waals surface area contributed by atoms with Gasteiger partial charge < -0.3 is 59.1 Å². The Hall–Kier alpha value is -1.98. The molecule has 2 unspecified atom stereocenters. The highest BCUT2D eigenvalue weighted by Crippen LogP contribution is 2.75. The highest BCUT2D eigenvalue weighted by molar-refractivity contribution is 5.66. The Morgan fingerprint density at radius 3 is 2.19 bits per heavy atom. The molecule has 2 saturated heterocycles. The van der Waals surface area contributed by atoms with Gasteiger partial charge in [0.05, 0.1) is 24.9 Å². The molecule has 19 atom stereocenters. The SMILES string of the molecule is CC(=O)OC[C@@H]1O[C@@H](O[C@@H]2C[C@]3(C)[C@H]4[C@@H](O)C=C5[C@H](CC[C@@H](O[C@@H]6OC[C@@H](O)[C@H](O)C6O)C5(C)C)[C@@]4(C)CC[C@@]3(C)[C@@H]2C(C)CCC=C(C)C)[C@@H](O)[C@@H](O)[C@@H]1OC(C)=O. The third-order valence-corrected chi connectivity index (χ3v) is 16.0. The van der Waals surface area contributed by atoms with Crippen molar-refractivity contribution in [2.45, 2.75) is 188 Å². The zero-order valence-electron chi connectivity index (χ0n) is 36.7. The normalized spacial score (nSPS) is 47.1. The van der Waals surface area contributed by atoms with E-state index < -0.39 is 90.3 Å². The molecular weight excluding hydrogens is 764 g/mol. The lowest BCUT2D eigenvalue weighted by molar-refractivity contribution is -0.317. The van der Waals surface area contributed by atoms with Crippen LogP contribution in [0.5, 0.6) is 0 Å². The van der Waals surface area contributed by atoms with Gasteiger partial charge in [0.1, 0.15) is 43.2 Å². The van der Waals surface area contributed by atoms with Gasteiger partial charge in [-0.1, -0.05) is 64.8 Å². The molecule has 6 aliphatic rings. The molecule has 59 heavy (non-hydrogen) atoms. The van der Waals surface area contributed by atoms with Crippen molar-refractivity contribution in [1.29, 1.82) is 0 Å². The maximum Gasteiger partial charge on any atom is 0.303 e. The second-order valence-corrected chi connectivity index (χ2v) is 20.3. The van der Waals surface area contributed by atoms with Gasteiger partial charge in [0.25, 0.3) is 0 Å². The van der Waals surface area contributed by atoms with Crippen LogP contribution >= 0.6 is 0 Å². The van der Waals surface area contributed by atoms with Crippen LogP contribution in [-0.2, 0) is 38.0 Å². The van der Waals surface area contributed by atoms with E-state index in [1.165, 1.54) is 19.4 Å². The summed E-state index contributed by atoms with van der Waals surface area (Å²) in [6.07, 6.45) is -3.72. The Balaban J connectivity index is 1.32. The third kappa shape index (κ3) is 8.34. The van der Waals surface area contributed by atoms with E-state index in [-0.39, 0.29) is 53.8 Å². The molecule has 0 aromatic heterocycles. The summed E-state index contributed by atoms with van der Waals surface area (Å²) in [6, 6.07) is 0. The van der Waals surface area contributed by atoms with Gasteiger partial charge in [-0.05, 0) is 92.8 Å². The summed E-state index contributed by atoms with van der Waals surface area (Å²) in [5.74, 6) is -1.15. The van der Waals surface area contributed by atoms with Crippen LogP contribution in [0.4, 0.5) is 0 Å². The average Bonchev–Trinajstić information content (AvgIpc) is 3.37. The molecule has 2 heterocycles. The van der Waals surface area contributed by atoms with E-state index in [1.807, 2.05) is 6.08 Å². The molecule has 2 aliphatic heterocycles. The van der Waals surface area contributed by atoms with Crippen LogP contribution in [0, 0.1) is 45.3 Å². The molecule has 0 bridgehead atoms. The van der Waals surface area contributed by atoms with Gasteiger partial charge in [0, 0.05) is 25.2 Å². The number of ether oxygens (including phenoxy) is 6. The standard InChI is InChI=1S/C45H72O14/c1-22(2)12-11-13-23(3)33-30(57-41-37(53)35(51)38(56-25(5)47)31(58-41)21-54-24(4)46)19-45(10)39-28(48)18-27-26(43(39,8)16-17-44(33,45)9)14-15-32(42(27,6)7)59-40-36(52)34(50)29(49)20-55-40/h12,18,23,26,28-41,48-53H,11,13-17,19-21H2,1-10H3/t23?,26-,28-,29+,30+,31-,32+,33+,34-,35+,36?,37-,38+,39-,40-,41+,43+,44-,45+/m0/s1. The summed E-state index contributed by atoms with van der Waals surface area (Å²) >= 11 is 0. The van der Waals surface area contributed by atoms with E-state index in [1.54, 1.807) is 0 Å². The number of hydrogen-bond acceptors (Lipinski definition) is 14. The fourth-order valence-corrected chi connectivity index (χ4v) is 12.9. The first kappa shape index (κ1) is 46.5. The first-order valence-electron chi connectivity index (χ1n) is 21.8. The van der Waals surface area contributed by atoms with E-state index in [9.17, 15) is 40.2 Å². The Morgan fingerprint density at radius 2 is 1.54 bits per heavy atom. The van der Waals surface area contributed by atoms with Crippen molar-refractivity contribution in [3.05, 3.63) is 23.3 Å². The van der Waals surface area contributed by atoms with Gasteiger partial charge in [-0.3, -0.25) is 9.59 Å². The number of fused-ring (bicyclic) bond motifs is 5. The number of carbonyl (C=O) groups excluding carboxylic acids is 2. The Kier molecular flexibility index (Phi) is 13.6. The van der Waals surface area contributed by atoms with Crippen LogP contribution in [0.15, 0.2) is 23.3 Å². The minimum absolute atomic E-state index is 0.0254. The predicted octanol–water partition coefficient (Wildman–Crippen LogP) is 3.71. The van der Waals surface area contributed by atoms with E-state index in [2.05, 4.69) is 61.5 Å². The van der Waals surface area contributed by atoms with Crippen LogP contribution in [0.1, 0.15) is 114 Å². The van der Waals surface area contributed by atoms with Crippen molar-refractivity contribution in [1.82, 2.24) is 0 Å². The highest BCUT2D eigenvalue weighted by atomic mass is 16.7. The third-order valence-electron chi connectivity index (χ3n) is 16.0. The van der Waals surface area contributed by atoms with Crippen LogP contribution in [0.25, 0.3) is 0 Å². The first-order chi connectivity index (χ1) is 27.5. The Labute approximate surface area is 349 Å². The van der Waals surface area contributed by atoms with Gasteiger partial charge in [0.2, 0.25) is 0 Å². The number of esters is 2. The molecule has 0 aromatic carbocycles. The zero-order valence-corrected chi connectivity index (χ0v) is 36.7. The average molecular weight is 837 g/mol. The van der Waals surface area contributed by atoms with Crippen molar-refractivity contribution >= 4 is 11.9 Å². The molecule has 6 N–H and O–H groups in total. The number of hydrogen-bond donors (Lipinski definition) is 6. The van der Waals surface area contributed by atoms with Gasteiger partial charge in [-0.15, -0.1) is 0 Å². The van der Waals surface area contributed by atoms with Crippen molar-refractivity contribution in [2.75, 3.05) is 13.2 Å². The lowest BCUT2D eigenvalue weighted by Crippen LogP contribution is -2.63. The molecule has 336 valence electrons. The summed E-state index contributed by atoms with van der Waals surface area (Å²) in [5.41, 5.74) is 0.730.